The van der Waals surface area contributed by atoms with Gasteiger partial charge in [0.15, 0.2) is 0 Å². The van der Waals surface area contributed by atoms with Crippen LogP contribution in [0.4, 0.5) is 24.5 Å². The van der Waals surface area contributed by atoms with E-state index in [4.69, 9.17) is 0 Å². The van der Waals surface area contributed by atoms with Gasteiger partial charge < -0.3 is 5.32 Å². The van der Waals surface area contributed by atoms with Gasteiger partial charge in [0.2, 0.25) is 0 Å². The molecule has 4 nitrogen and oxygen atoms in total. The molecular weight excluding hydrogens is 273 g/mol. The molecule has 0 aliphatic carbocycles. The van der Waals surface area contributed by atoms with E-state index in [-0.39, 0.29) is 17.8 Å². The summed E-state index contributed by atoms with van der Waals surface area (Å²) in [6, 6.07) is 6.19. The normalized spacial score (nSPS) is 10.3. The molecule has 0 amide bonds. The fraction of sp³-hybridized carbons (Fsp3) is 0.0769. The van der Waals surface area contributed by atoms with E-state index in [0.29, 0.717) is 0 Å². The Balaban J connectivity index is 2.27. The summed E-state index contributed by atoms with van der Waals surface area (Å²) in [4.78, 5) is 10.1. The van der Waals surface area contributed by atoms with E-state index in [0.717, 1.165) is 30.3 Å². The van der Waals surface area contributed by atoms with Crippen LogP contribution in [0.2, 0.25) is 0 Å². The lowest BCUT2D eigenvalue weighted by Gasteiger charge is -2.09. The highest BCUT2D eigenvalue weighted by atomic mass is 19.1. The van der Waals surface area contributed by atoms with E-state index in [1.807, 2.05) is 0 Å². The highest BCUT2D eigenvalue weighted by Crippen LogP contribution is 2.23. The molecular formula is C13H9F3N2O2. The summed E-state index contributed by atoms with van der Waals surface area (Å²) in [5, 5.41) is 13.2. The van der Waals surface area contributed by atoms with Gasteiger partial charge in [0, 0.05) is 12.6 Å². The highest BCUT2D eigenvalue weighted by Gasteiger charge is 2.15. The number of benzene rings is 2. The largest absolute Gasteiger partial charge is 0.376 e. The third-order valence-electron chi connectivity index (χ3n) is 2.66. The lowest BCUT2D eigenvalue weighted by molar-refractivity contribution is -0.385. The van der Waals surface area contributed by atoms with Crippen molar-refractivity contribution in [1.82, 2.24) is 0 Å². The van der Waals surface area contributed by atoms with Gasteiger partial charge >= 0.3 is 0 Å². The van der Waals surface area contributed by atoms with Crippen molar-refractivity contribution in [2.45, 2.75) is 6.54 Å². The summed E-state index contributed by atoms with van der Waals surface area (Å²) in [7, 11) is 0. The number of anilines is 1. The topological polar surface area (TPSA) is 55.2 Å². The van der Waals surface area contributed by atoms with Crippen LogP contribution in [0.25, 0.3) is 0 Å². The molecule has 0 heterocycles. The first-order valence-corrected chi connectivity index (χ1v) is 5.59. The first kappa shape index (κ1) is 13.9. The Morgan fingerprint density at radius 3 is 2.35 bits per heavy atom. The van der Waals surface area contributed by atoms with E-state index < -0.39 is 28.1 Å². The Morgan fingerprint density at radius 1 is 1.10 bits per heavy atom. The van der Waals surface area contributed by atoms with Crippen LogP contribution in [0.5, 0.6) is 0 Å². The third kappa shape index (κ3) is 2.87. The second-order valence-electron chi connectivity index (χ2n) is 3.98. The zero-order valence-corrected chi connectivity index (χ0v) is 10.1. The molecule has 2 aromatic carbocycles. The maximum Gasteiger partial charge on any atom is 0.274 e. The van der Waals surface area contributed by atoms with E-state index in [1.165, 1.54) is 6.07 Å². The molecule has 2 aromatic rings. The predicted molar refractivity (Wildman–Crippen MR) is 66.7 cm³/mol. The fourth-order valence-electron chi connectivity index (χ4n) is 1.72. The van der Waals surface area contributed by atoms with Crippen LogP contribution in [0.15, 0.2) is 36.4 Å². The zero-order valence-electron chi connectivity index (χ0n) is 10.1. The molecule has 0 spiro atoms. The first-order valence-electron chi connectivity index (χ1n) is 5.59. The van der Waals surface area contributed by atoms with Crippen LogP contribution < -0.4 is 5.32 Å². The Bertz CT molecular complexity index is 642. The van der Waals surface area contributed by atoms with Crippen molar-refractivity contribution in [2.75, 3.05) is 5.32 Å². The Hall–Kier alpha value is -2.57. The van der Waals surface area contributed by atoms with Gasteiger partial charge in [-0.05, 0) is 24.3 Å². The average molecular weight is 282 g/mol. The number of rotatable bonds is 4. The van der Waals surface area contributed by atoms with Crippen LogP contribution in [0.3, 0.4) is 0 Å². The standard InChI is InChI=1S/C13H9F3N2O2/c14-9-4-5-12(18(19)20)8(6-9)7-17-13-10(15)2-1-3-11(13)16/h1-6,17H,7H2. The smallest absolute Gasteiger partial charge is 0.274 e. The summed E-state index contributed by atoms with van der Waals surface area (Å²) in [6.07, 6.45) is 0. The maximum absolute atomic E-state index is 13.4. The van der Waals surface area contributed by atoms with Gasteiger partial charge in [-0.25, -0.2) is 13.2 Å². The van der Waals surface area contributed by atoms with Gasteiger partial charge in [-0.1, -0.05) is 6.07 Å². The van der Waals surface area contributed by atoms with Crippen molar-refractivity contribution in [2.24, 2.45) is 0 Å². The molecule has 0 aliphatic heterocycles. The summed E-state index contributed by atoms with van der Waals surface area (Å²) >= 11 is 0. The molecule has 2 rings (SSSR count). The number of nitrogens with zero attached hydrogens (tertiary/aromatic N) is 1. The average Bonchev–Trinajstić information content (AvgIpc) is 2.37. The number of nitrogens with one attached hydrogen (secondary N) is 1. The molecule has 0 aromatic heterocycles. The number of nitro benzene ring substituents is 1. The van der Waals surface area contributed by atoms with E-state index in [9.17, 15) is 23.3 Å². The molecule has 104 valence electrons. The SMILES string of the molecule is O=[N+]([O-])c1ccc(F)cc1CNc1c(F)cccc1F. The molecule has 0 unspecified atom stereocenters. The van der Waals surface area contributed by atoms with Gasteiger partial charge in [-0.15, -0.1) is 0 Å². The maximum atomic E-state index is 13.4. The van der Waals surface area contributed by atoms with Gasteiger partial charge in [0.25, 0.3) is 5.69 Å². The number of hydrogen-bond donors (Lipinski definition) is 1. The van der Waals surface area contributed by atoms with Crippen LogP contribution in [0, 0.1) is 27.6 Å². The quantitative estimate of drug-likeness (QED) is 0.688. The summed E-state index contributed by atoms with van der Waals surface area (Å²) in [6.45, 7) is -0.272. The molecule has 0 atom stereocenters. The minimum Gasteiger partial charge on any atom is -0.376 e. The van der Waals surface area contributed by atoms with E-state index in [1.54, 1.807) is 0 Å². The molecule has 0 saturated carbocycles. The van der Waals surface area contributed by atoms with Crippen LogP contribution in [-0.4, -0.2) is 4.92 Å². The minimum absolute atomic E-state index is 0.00217. The molecule has 0 fully saturated rings. The van der Waals surface area contributed by atoms with E-state index in [2.05, 4.69) is 5.32 Å². The lowest BCUT2D eigenvalue weighted by Crippen LogP contribution is -2.06. The lowest BCUT2D eigenvalue weighted by atomic mass is 10.1. The second-order valence-corrected chi connectivity index (χ2v) is 3.98. The molecule has 0 aliphatic rings. The van der Waals surface area contributed by atoms with Gasteiger partial charge in [0.05, 0.1) is 10.5 Å². The van der Waals surface area contributed by atoms with Gasteiger partial charge in [-0.3, -0.25) is 10.1 Å². The Kier molecular flexibility index (Phi) is 3.88. The molecule has 20 heavy (non-hydrogen) atoms. The summed E-state index contributed by atoms with van der Waals surface area (Å²) < 4.78 is 39.9. The number of halogens is 3. The summed E-state index contributed by atoms with van der Waals surface area (Å²) in [5.74, 6) is -2.32. The predicted octanol–water partition coefficient (Wildman–Crippen LogP) is 3.62. The van der Waals surface area contributed by atoms with Gasteiger partial charge in [-0.2, -0.15) is 0 Å². The molecule has 0 bridgehead atoms. The Labute approximate surface area is 112 Å². The molecule has 1 N–H and O–H groups in total. The second kappa shape index (κ2) is 5.60. The number of hydrogen-bond acceptors (Lipinski definition) is 3. The van der Waals surface area contributed by atoms with Crippen LogP contribution in [0.1, 0.15) is 5.56 Å². The van der Waals surface area contributed by atoms with Crippen molar-refractivity contribution in [1.29, 1.82) is 0 Å². The number of nitro groups is 1. The van der Waals surface area contributed by atoms with Crippen molar-refractivity contribution < 1.29 is 18.1 Å². The van der Waals surface area contributed by atoms with Crippen molar-refractivity contribution in [3.05, 3.63) is 69.5 Å². The third-order valence-corrected chi connectivity index (χ3v) is 2.66. The van der Waals surface area contributed by atoms with Crippen molar-refractivity contribution in [3.8, 4) is 0 Å². The van der Waals surface area contributed by atoms with E-state index >= 15 is 0 Å². The first-order chi connectivity index (χ1) is 9.49. The monoisotopic (exact) mass is 282 g/mol. The highest BCUT2D eigenvalue weighted by molar-refractivity contribution is 5.49. The molecule has 0 radical (unpaired) electrons. The summed E-state index contributed by atoms with van der Waals surface area (Å²) in [5.41, 5.74) is -0.737. The Morgan fingerprint density at radius 2 is 1.75 bits per heavy atom. The van der Waals surface area contributed by atoms with Crippen molar-refractivity contribution in [3.63, 3.8) is 0 Å². The van der Waals surface area contributed by atoms with Crippen LogP contribution >= 0.6 is 0 Å². The van der Waals surface area contributed by atoms with Gasteiger partial charge in [0.1, 0.15) is 23.1 Å². The molecule has 0 saturated heterocycles. The minimum atomic E-state index is -0.830. The van der Waals surface area contributed by atoms with Crippen molar-refractivity contribution >= 4 is 11.4 Å². The zero-order chi connectivity index (χ0) is 14.7. The fourth-order valence-corrected chi connectivity index (χ4v) is 1.72. The molecule has 7 heteroatoms. The number of para-hydroxylation sites is 1. The van der Waals surface area contributed by atoms with Crippen LogP contribution in [-0.2, 0) is 6.54 Å².